The fraction of sp³-hybridized carbons (Fsp3) is 0.667. The molecule has 0 radical (unpaired) electrons. The number of carbonyl (C=O) groups excluding carboxylic acids is 1. The predicted molar refractivity (Wildman–Crippen MR) is 46.8 cm³/mol. The highest BCUT2D eigenvalue weighted by atomic mass is 32.2. The fourth-order valence-electron chi connectivity index (χ4n) is 0.599. The molecule has 0 saturated heterocycles. The van der Waals surface area contributed by atoms with Gasteiger partial charge < -0.3 is 5.11 Å². The number of carboxylic acids is 1. The molecule has 0 aromatic rings. The van der Waals surface area contributed by atoms with E-state index >= 15 is 0 Å². The molecule has 0 aliphatic rings. The molecule has 3 N–H and O–H groups in total. The first kappa shape index (κ1) is 9.34. The molecule has 0 rings (SSSR count). The molecule has 0 aliphatic heterocycles. The third kappa shape index (κ3) is 4.97. The molecule has 0 heterocycles. The summed E-state index contributed by atoms with van der Waals surface area (Å²) in [6.07, 6.45) is 2.44. The van der Waals surface area contributed by atoms with E-state index in [1.807, 2.05) is 6.26 Å². The van der Waals surface area contributed by atoms with Crippen LogP contribution in [-0.4, -0.2) is 35.5 Å². The molecule has 0 unspecified atom stereocenters. The van der Waals surface area contributed by atoms with E-state index < -0.39 is 12.0 Å². The molecule has 6 heteroatoms. The average molecular weight is 193 g/mol. The number of hydrogen-bond donors (Lipinski definition) is 3. The lowest BCUT2D eigenvalue weighted by Gasteiger charge is -2.11. The van der Waals surface area contributed by atoms with Gasteiger partial charge in [0.15, 0.2) is 1.41 Å². The number of carboxylic acid groups (broad SMARTS) is 1. The van der Waals surface area contributed by atoms with Crippen LogP contribution >= 0.6 is 11.8 Å². The van der Waals surface area contributed by atoms with Gasteiger partial charge in [0.1, 0.15) is 6.04 Å². The van der Waals surface area contributed by atoms with Crippen LogP contribution in [0.1, 0.15) is 6.42 Å². The van der Waals surface area contributed by atoms with E-state index in [1.165, 1.54) is 11.8 Å². The molecule has 0 aliphatic carbocycles. The monoisotopic (exact) mass is 193 g/mol. The highest BCUT2D eigenvalue weighted by Gasteiger charge is 2.15. The van der Waals surface area contributed by atoms with Gasteiger partial charge in [0.2, 0.25) is 6.41 Å². The van der Waals surface area contributed by atoms with E-state index in [0.717, 1.165) is 0 Å². The largest absolute Gasteiger partial charge is 0.480 e. The molecule has 0 bridgehead atoms. The number of thioether (sulfide) groups is 1. The minimum absolute atomic E-state index is 0.203. The smallest absolute Gasteiger partial charge is 0.322 e. The van der Waals surface area contributed by atoms with Gasteiger partial charge in [0, 0.05) is 0 Å². The van der Waals surface area contributed by atoms with Crippen LogP contribution in [0.5, 0.6) is 0 Å². The first-order chi connectivity index (χ1) is 6.11. The molecule has 5 nitrogen and oxygen atoms in total. The molecule has 0 fully saturated rings. The Labute approximate surface area is 76.3 Å². The van der Waals surface area contributed by atoms with Gasteiger partial charge in [-0.2, -0.15) is 11.8 Å². The maximum absolute atomic E-state index is 10.6. The van der Waals surface area contributed by atoms with Crippen LogP contribution in [-0.2, 0) is 9.59 Å². The van der Waals surface area contributed by atoms with Crippen molar-refractivity contribution in [1.29, 1.82) is 0 Å². The first-order valence-electron chi connectivity index (χ1n) is 3.77. The number of hydrazine groups is 1. The van der Waals surface area contributed by atoms with Crippen molar-refractivity contribution in [3.8, 4) is 0 Å². The van der Waals surface area contributed by atoms with Crippen LogP contribution in [0.15, 0.2) is 0 Å². The van der Waals surface area contributed by atoms with E-state index in [0.29, 0.717) is 17.6 Å². The summed E-state index contributed by atoms with van der Waals surface area (Å²) in [6, 6.07) is -0.879. The summed E-state index contributed by atoms with van der Waals surface area (Å²) in [4.78, 5) is 20.6. The molecule has 0 aromatic heterocycles. The molecule has 0 saturated carbocycles. The Morgan fingerprint density at radius 1 is 1.92 bits per heavy atom. The van der Waals surface area contributed by atoms with E-state index in [4.69, 9.17) is 6.52 Å². The Morgan fingerprint density at radius 3 is 3.00 bits per heavy atom. The lowest BCUT2D eigenvalue weighted by atomic mass is 10.2. The third-order valence-electron chi connectivity index (χ3n) is 1.19. The van der Waals surface area contributed by atoms with Crippen molar-refractivity contribution >= 4 is 24.1 Å². The predicted octanol–water partition coefficient (Wildman–Crippen LogP) is -0.557. The number of hydrogen-bond acceptors (Lipinski definition) is 4. The summed E-state index contributed by atoms with van der Waals surface area (Å²) in [5, 5.41) is 8.65. The Morgan fingerprint density at radius 2 is 2.58 bits per heavy atom. The van der Waals surface area contributed by atoms with Gasteiger partial charge >= 0.3 is 5.97 Å². The van der Waals surface area contributed by atoms with Crippen molar-refractivity contribution in [2.75, 3.05) is 12.0 Å². The number of aliphatic carboxylic acids is 1. The summed E-state index contributed by atoms with van der Waals surface area (Å²) in [6.45, 7) is 0. The second-order valence-corrected chi connectivity index (χ2v) is 3.02. The van der Waals surface area contributed by atoms with Gasteiger partial charge in [-0.3, -0.25) is 15.0 Å². The van der Waals surface area contributed by atoms with Crippen molar-refractivity contribution in [3.05, 3.63) is 0 Å². The summed E-state index contributed by atoms with van der Waals surface area (Å²) in [7, 11) is 0. The Kier molecular flexibility index (Phi) is 5.39. The van der Waals surface area contributed by atoms with Crippen LogP contribution in [0.3, 0.4) is 0 Å². The van der Waals surface area contributed by atoms with Crippen molar-refractivity contribution in [3.63, 3.8) is 0 Å². The van der Waals surface area contributed by atoms with Crippen LogP contribution in [0.2, 0.25) is 1.41 Å². The van der Waals surface area contributed by atoms with Crippen LogP contribution in [0.4, 0.5) is 0 Å². The topological polar surface area (TPSA) is 78.4 Å². The average Bonchev–Trinajstić information content (AvgIpc) is 2.11. The molecule has 70 valence electrons. The maximum Gasteiger partial charge on any atom is 0.322 e. The van der Waals surface area contributed by atoms with Crippen LogP contribution < -0.4 is 10.8 Å². The van der Waals surface area contributed by atoms with Gasteiger partial charge in [-0.1, -0.05) is 0 Å². The van der Waals surface area contributed by atoms with E-state index in [2.05, 4.69) is 5.43 Å². The summed E-state index contributed by atoms with van der Waals surface area (Å²) in [5.41, 5.74) is 2.58. The molecular formula is C6H12N2O3S. The van der Waals surface area contributed by atoms with E-state index in [1.54, 1.807) is 0 Å². The zero-order valence-corrected chi connectivity index (χ0v) is 7.50. The normalized spacial score (nSPS) is 13.2. The van der Waals surface area contributed by atoms with Crippen molar-refractivity contribution in [1.82, 2.24) is 10.8 Å². The maximum atomic E-state index is 10.6. The van der Waals surface area contributed by atoms with Gasteiger partial charge in [0.05, 0.1) is 0 Å². The van der Waals surface area contributed by atoms with Crippen molar-refractivity contribution in [2.45, 2.75) is 12.5 Å². The summed E-state index contributed by atoms with van der Waals surface area (Å²) < 4.78 is 6.86. The highest BCUT2D eigenvalue weighted by Crippen LogP contribution is 1.99. The second kappa shape index (κ2) is 6.93. The Hall–Kier alpha value is -0.750. The fourth-order valence-corrected chi connectivity index (χ4v) is 1.07. The van der Waals surface area contributed by atoms with Gasteiger partial charge in [-0.15, -0.1) is 0 Å². The first-order valence-corrected chi connectivity index (χ1v) is 4.72. The lowest BCUT2D eigenvalue weighted by Crippen LogP contribution is -2.45. The van der Waals surface area contributed by atoms with Gasteiger partial charge in [0.25, 0.3) is 0 Å². The molecule has 1 atom stereocenters. The Balaban J connectivity index is 3.94. The molecule has 0 spiro atoms. The number of carbonyl (C=O) groups is 2. The molecule has 1 amide bonds. The molecule has 0 aromatic carbocycles. The second-order valence-electron chi connectivity index (χ2n) is 2.04. The van der Waals surface area contributed by atoms with E-state index in [9.17, 15) is 9.59 Å². The van der Waals surface area contributed by atoms with Gasteiger partial charge in [-0.05, 0) is 18.4 Å². The SMILES string of the molecule is [2H]N(C=O)N[C@@H](CCSC)C(=O)O. The number of nitrogens with one attached hydrogen (secondary N) is 2. The minimum atomic E-state index is -1.06. The molecular weight excluding hydrogens is 180 g/mol. The van der Waals surface area contributed by atoms with Crippen molar-refractivity contribution in [2.24, 2.45) is 0 Å². The van der Waals surface area contributed by atoms with Crippen LogP contribution in [0, 0.1) is 0 Å². The standard InChI is InChI=1S/C6H12N2O3S/c1-12-3-2-5(6(10)11)8-7-4-9/h4-5,8H,2-3H2,1H3,(H,7,9)(H,10,11)/t5-/m0/s1/i/hD. The lowest BCUT2D eigenvalue weighted by molar-refractivity contribution is -0.139. The summed E-state index contributed by atoms with van der Waals surface area (Å²) in [5.74, 6) is -0.399. The van der Waals surface area contributed by atoms with Crippen LogP contribution in [0.25, 0.3) is 0 Å². The highest BCUT2D eigenvalue weighted by molar-refractivity contribution is 7.98. The molecule has 12 heavy (non-hydrogen) atoms. The Bertz CT molecular complexity index is 181. The zero-order valence-electron chi connectivity index (χ0n) is 7.69. The summed E-state index contributed by atoms with van der Waals surface area (Å²) >= 11 is 1.51. The quantitative estimate of drug-likeness (QED) is 0.373. The van der Waals surface area contributed by atoms with Crippen molar-refractivity contribution < 1.29 is 16.1 Å². The third-order valence-corrected chi connectivity index (χ3v) is 1.84. The number of amides is 1. The number of rotatable bonds is 7. The van der Waals surface area contributed by atoms with E-state index in [-0.39, 0.29) is 6.41 Å². The zero-order chi connectivity index (χ0) is 10.3. The minimum Gasteiger partial charge on any atom is -0.480 e. The van der Waals surface area contributed by atoms with Gasteiger partial charge in [-0.25, -0.2) is 5.43 Å².